The van der Waals surface area contributed by atoms with Gasteiger partial charge < -0.3 is 15.9 Å². The van der Waals surface area contributed by atoms with E-state index in [1.807, 2.05) is 0 Å². The Bertz CT molecular complexity index is 418. The number of aromatic hydroxyl groups is 1. The van der Waals surface area contributed by atoms with Crippen LogP contribution in [0.15, 0.2) is 23.2 Å². The second-order valence-corrected chi connectivity index (χ2v) is 3.01. The van der Waals surface area contributed by atoms with Crippen LogP contribution >= 0.6 is 11.6 Å². The molecule has 5 nitrogen and oxygen atoms in total. The minimum absolute atomic E-state index is 0.0588. The molecule has 0 amide bonds. The van der Waals surface area contributed by atoms with Gasteiger partial charge >= 0.3 is 5.97 Å². The van der Waals surface area contributed by atoms with Crippen LogP contribution < -0.4 is 5.73 Å². The first-order chi connectivity index (χ1) is 7.04. The van der Waals surface area contributed by atoms with Crippen LogP contribution in [0.25, 0.3) is 0 Å². The van der Waals surface area contributed by atoms with Gasteiger partial charge in [-0.05, 0) is 18.2 Å². The van der Waals surface area contributed by atoms with Gasteiger partial charge in [0, 0.05) is 0 Å². The number of carboxylic acids is 1. The molecule has 0 aliphatic heterocycles. The lowest BCUT2D eigenvalue weighted by atomic mass is 10.2. The molecule has 0 radical (unpaired) electrons. The zero-order valence-corrected chi connectivity index (χ0v) is 8.40. The number of carbonyl (C=O) groups is 1. The monoisotopic (exact) mass is 228 g/mol. The zero-order chi connectivity index (χ0) is 11.4. The standard InChI is InChI=1S/C9H9ClN2O3/c10-4-8(11)12-5-1-2-7(13)6(3-5)9(14)15/h1-3,13H,4H2,(H2,11,12)(H,14,15). The fraction of sp³-hybridized carbons (Fsp3) is 0.111. The van der Waals surface area contributed by atoms with Crippen molar-refractivity contribution in [3.8, 4) is 5.75 Å². The summed E-state index contributed by atoms with van der Waals surface area (Å²) in [6, 6.07) is 3.90. The number of phenols is 1. The van der Waals surface area contributed by atoms with Crippen LogP contribution in [0.5, 0.6) is 5.75 Å². The molecule has 1 aromatic carbocycles. The van der Waals surface area contributed by atoms with Gasteiger partial charge in [0.25, 0.3) is 0 Å². The molecule has 6 heteroatoms. The molecule has 1 rings (SSSR count). The normalized spacial score (nSPS) is 11.4. The van der Waals surface area contributed by atoms with Crippen LogP contribution in [-0.4, -0.2) is 27.9 Å². The van der Waals surface area contributed by atoms with Crippen LogP contribution in [0.1, 0.15) is 10.4 Å². The molecule has 0 bridgehead atoms. The van der Waals surface area contributed by atoms with Crippen molar-refractivity contribution in [2.75, 3.05) is 5.88 Å². The Morgan fingerprint density at radius 1 is 1.53 bits per heavy atom. The number of aromatic carboxylic acids is 1. The summed E-state index contributed by atoms with van der Waals surface area (Å²) >= 11 is 5.41. The van der Waals surface area contributed by atoms with Crippen LogP contribution in [0.3, 0.4) is 0 Å². The molecule has 0 fully saturated rings. The number of halogens is 1. The molecule has 1 aromatic rings. The number of nitrogens with zero attached hydrogens (tertiary/aromatic N) is 1. The molecule has 80 valence electrons. The number of rotatable bonds is 3. The van der Waals surface area contributed by atoms with Gasteiger partial charge in [0.1, 0.15) is 17.1 Å². The molecular formula is C9H9ClN2O3. The predicted octanol–water partition coefficient (Wildman–Crippen LogP) is 1.32. The Morgan fingerprint density at radius 3 is 2.73 bits per heavy atom. The van der Waals surface area contributed by atoms with E-state index in [4.69, 9.17) is 22.4 Å². The Labute approximate surface area is 90.8 Å². The Kier molecular flexibility index (Phi) is 3.51. The van der Waals surface area contributed by atoms with Gasteiger partial charge in [-0.2, -0.15) is 0 Å². The molecule has 0 aliphatic carbocycles. The van der Waals surface area contributed by atoms with Gasteiger partial charge in [-0.25, -0.2) is 9.79 Å². The van der Waals surface area contributed by atoms with Gasteiger partial charge in [0.05, 0.1) is 11.6 Å². The maximum atomic E-state index is 10.7. The molecule has 0 saturated heterocycles. The fourth-order valence-electron chi connectivity index (χ4n) is 0.961. The van der Waals surface area contributed by atoms with E-state index >= 15 is 0 Å². The van der Waals surface area contributed by atoms with Gasteiger partial charge in [-0.3, -0.25) is 0 Å². The summed E-state index contributed by atoms with van der Waals surface area (Å²) in [5.41, 5.74) is 5.49. The number of amidine groups is 1. The second-order valence-electron chi connectivity index (χ2n) is 2.74. The number of hydrogen-bond donors (Lipinski definition) is 3. The molecule has 0 aliphatic rings. The van der Waals surface area contributed by atoms with E-state index in [9.17, 15) is 9.90 Å². The van der Waals surface area contributed by atoms with Crippen molar-refractivity contribution in [2.45, 2.75) is 0 Å². The molecule has 0 heterocycles. The van der Waals surface area contributed by atoms with Gasteiger partial charge in [0.2, 0.25) is 0 Å². The van der Waals surface area contributed by atoms with E-state index in [0.29, 0.717) is 5.69 Å². The summed E-state index contributed by atoms with van der Waals surface area (Å²) < 4.78 is 0. The number of carboxylic acid groups (broad SMARTS) is 1. The third kappa shape index (κ3) is 2.85. The second kappa shape index (κ2) is 4.65. The van der Waals surface area contributed by atoms with Crippen molar-refractivity contribution >= 4 is 29.1 Å². The van der Waals surface area contributed by atoms with Crippen molar-refractivity contribution in [3.63, 3.8) is 0 Å². The van der Waals surface area contributed by atoms with E-state index in [0.717, 1.165) is 0 Å². The quantitative estimate of drug-likeness (QED) is 0.413. The van der Waals surface area contributed by atoms with Crippen LogP contribution in [0.4, 0.5) is 5.69 Å². The van der Waals surface area contributed by atoms with Crippen molar-refractivity contribution < 1.29 is 15.0 Å². The maximum Gasteiger partial charge on any atom is 0.339 e. The third-order valence-corrected chi connectivity index (χ3v) is 1.89. The minimum atomic E-state index is -1.23. The number of benzene rings is 1. The first-order valence-electron chi connectivity index (χ1n) is 4.00. The fourth-order valence-corrected chi connectivity index (χ4v) is 1.02. The Hall–Kier alpha value is -1.75. The summed E-state index contributed by atoms with van der Waals surface area (Å²) in [4.78, 5) is 14.5. The first-order valence-corrected chi connectivity index (χ1v) is 4.53. The molecule has 0 atom stereocenters. The Balaban J connectivity index is 3.13. The molecule has 15 heavy (non-hydrogen) atoms. The SMILES string of the molecule is NC(CCl)=Nc1ccc(O)c(C(=O)O)c1. The number of alkyl halides is 1. The lowest BCUT2D eigenvalue weighted by Crippen LogP contribution is -2.12. The van der Waals surface area contributed by atoms with Gasteiger partial charge in [-0.15, -0.1) is 11.6 Å². The number of aliphatic imine (C=N–C) groups is 1. The molecule has 0 spiro atoms. The number of hydrogen-bond acceptors (Lipinski definition) is 3. The summed E-state index contributed by atoms with van der Waals surface area (Å²) in [7, 11) is 0. The molecule has 0 unspecified atom stereocenters. The third-order valence-electron chi connectivity index (χ3n) is 1.62. The largest absolute Gasteiger partial charge is 0.507 e. The zero-order valence-electron chi connectivity index (χ0n) is 7.64. The van der Waals surface area contributed by atoms with E-state index < -0.39 is 5.97 Å². The molecule has 0 saturated carbocycles. The average Bonchev–Trinajstić information content (AvgIpc) is 2.20. The highest BCUT2D eigenvalue weighted by atomic mass is 35.5. The van der Waals surface area contributed by atoms with Gasteiger partial charge in [0.15, 0.2) is 0 Å². The predicted molar refractivity (Wildman–Crippen MR) is 57.1 cm³/mol. The highest BCUT2D eigenvalue weighted by Crippen LogP contribution is 2.23. The minimum Gasteiger partial charge on any atom is -0.507 e. The molecule has 4 N–H and O–H groups in total. The Morgan fingerprint density at radius 2 is 2.20 bits per heavy atom. The lowest BCUT2D eigenvalue weighted by molar-refractivity contribution is 0.0694. The summed E-state index contributed by atoms with van der Waals surface area (Å²) in [5, 5.41) is 17.9. The highest BCUT2D eigenvalue weighted by molar-refractivity contribution is 6.28. The van der Waals surface area contributed by atoms with Crippen LogP contribution in [-0.2, 0) is 0 Å². The number of nitrogens with two attached hydrogens (primary N) is 1. The van der Waals surface area contributed by atoms with Crippen molar-refractivity contribution in [1.82, 2.24) is 0 Å². The average molecular weight is 229 g/mol. The lowest BCUT2D eigenvalue weighted by Gasteiger charge is -2.01. The van der Waals surface area contributed by atoms with E-state index in [2.05, 4.69) is 4.99 Å². The topological polar surface area (TPSA) is 95.9 Å². The molecular weight excluding hydrogens is 220 g/mol. The van der Waals surface area contributed by atoms with Crippen molar-refractivity contribution in [2.24, 2.45) is 10.7 Å². The van der Waals surface area contributed by atoms with E-state index in [1.165, 1.54) is 18.2 Å². The van der Waals surface area contributed by atoms with E-state index in [-0.39, 0.29) is 23.0 Å². The van der Waals surface area contributed by atoms with E-state index in [1.54, 1.807) is 0 Å². The van der Waals surface area contributed by atoms with Crippen molar-refractivity contribution in [1.29, 1.82) is 0 Å². The molecule has 0 aromatic heterocycles. The first kappa shape index (κ1) is 11.3. The van der Waals surface area contributed by atoms with Gasteiger partial charge in [-0.1, -0.05) is 0 Å². The van der Waals surface area contributed by atoms with Crippen molar-refractivity contribution in [3.05, 3.63) is 23.8 Å². The summed E-state index contributed by atoms with van der Waals surface area (Å²) in [6.45, 7) is 0. The summed E-state index contributed by atoms with van der Waals surface area (Å²) in [6.07, 6.45) is 0. The summed E-state index contributed by atoms with van der Waals surface area (Å²) in [5.74, 6) is -1.30. The smallest absolute Gasteiger partial charge is 0.339 e. The van der Waals surface area contributed by atoms with Crippen LogP contribution in [0.2, 0.25) is 0 Å². The van der Waals surface area contributed by atoms with Crippen LogP contribution in [0, 0.1) is 0 Å². The highest BCUT2D eigenvalue weighted by Gasteiger charge is 2.09. The maximum absolute atomic E-state index is 10.7.